The molecule has 4 atom stereocenters. The zero-order valence-electron chi connectivity index (χ0n) is 11.8. The number of carboxylic acid groups (broad SMARTS) is 1. The maximum Gasteiger partial charge on any atom is 0.307 e. The zero-order chi connectivity index (χ0) is 13.9. The summed E-state index contributed by atoms with van der Waals surface area (Å²) in [5.41, 5.74) is 0. The highest BCUT2D eigenvalue weighted by Crippen LogP contribution is 2.37. The van der Waals surface area contributed by atoms with Crippen LogP contribution in [-0.2, 0) is 9.59 Å². The van der Waals surface area contributed by atoms with Gasteiger partial charge in [-0.2, -0.15) is 0 Å². The minimum Gasteiger partial charge on any atom is -0.481 e. The van der Waals surface area contributed by atoms with Crippen molar-refractivity contribution in [1.82, 2.24) is 4.90 Å². The minimum atomic E-state index is -0.825. The van der Waals surface area contributed by atoms with E-state index >= 15 is 0 Å². The number of carbonyl (C=O) groups is 2. The standard InChI is InChI=1S/C14H25NO3/c1-5-6-10(3)15(4)13(16)11-7-9(2)8-12(11)14(17)18/h9-12H,5-8H2,1-4H3,(H,17,18)/t9?,10?,11-,12+/m0/s1. The highest BCUT2D eigenvalue weighted by molar-refractivity contribution is 5.85. The van der Waals surface area contributed by atoms with Crippen molar-refractivity contribution in [3.8, 4) is 0 Å². The third kappa shape index (κ3) is 3.24. The predicted molar refractivity (Wildman–Crippen MR) is 70.2 cm³/mol. The van der Waals surface area contributed by atoms with Crippen LogP contribution in [0, 0.1) is 17.8 Å². The highest BCUT2D eigenvalue weighted by atomic mass is 16.4. The molecule has 1 aliphatic rings. The van der Waals surface area contributed by atoms with Crippen LogP contribution in [-0.4, -0.2) is 35.0 Å². The molecule has 0 heterocycles. The molecule has 0 aromatic rings. The Hall–Kier alpha value is -1.06. The van der Waals surface area contributed by atoms with Gasteiger partial charge in [0.1, 0.15) is 0 Å². The monoisotopic (exact) mass is 255 g/mol. The number of aliphatic carboxylic acids is 1. The van der Waals surface area contributed by atoms with Crippen LogP contribution in [0.25, 0.3) is 0 Å². The Morgan fingerprint density at radius 3 is 2.39 bits per heavy atom. The fourth-order valence-corrected chi connectivity index (χ4v) is 2.93. The number of hydrogen-bond donors (Lipinski definition) is 1. The van der Waals surface area contributed by atoms with Gasteiger partial charge in [-0.1, -0.05) is 20.3 Å². The molecule has 0 aromatic heterocycles. The van der Waals surface area contributed by atoms with Crippen LogP contribution in [0.3, 0.4) is 0 Å². The molecule has 0 aliphatic heterocycles. The second-order valence-electron chi connectivity index (χ2n) is 5.71. The van der Waals surface area contributed by atoms with E-state index in [1.54, 1.807) is 11.9 Å². The van der Waals surface area contributed by atoms with E-state index in [1.807, 2.05) is 13.8 Å². The van der Waals surface area contributed by atoms with Crippen molar-refractivity contribution in [2.24, 2.45) is 17.8 Å². The highest BCUT2D eigenvalue weighted by Gasteiger charge is 2.42. The van der Waals surface area contributed by atoms with Gasteiger partial charge in [-0.25, -0.2) is 0 Å². The summed E-state index contributed by atoms with van der Waals surface area (Å²) < 4.78 is 0. The summed E-state index contributed by atoms with van der Waals surface area (Å²) >= 11 is 0. The van der Waals surface area contributed by atoms with E-state index in [-0.39, 0.29) is 17.9 Å². The Kier molecular flexibility index (Phi) is 5.17. The summed E-state index contributed by atoms with van der Waals surface area (Å²) in [6.07, 6.45) is 3.32. The summed E-state index contributed by atoms with van der Waals surface area (Å²) in [6.45, 7) is 6.14. The first-order valence-electron chi connectivity index (χ1n) is 6.87. The minimum absolute atomic E-state index is 0.00713. The molecule has 4 heteroatoms. The van der Waals surface area contributed by atoms with Crippen molar-refractivity contribution in [2.45, 2.75) is 52.5 Å². The van der Waals surface area contributed by atoms with Crippen molar-refractivity contribution in [3.05, 3.63) is 0 Å². The summed E-state index contributed by atoms with van der Waals surface area (Å²) in [4.78, 5) is 25.3. The van der Waals surface area contributed by atoms with E-state index in [0.717, 1.165) is 12.8 Å². The quantitative estimate of drug-likeness (QED) is 0.820. The Morgan fingerprint density at radius 2 is 1.89 bits per heavy atom. The van der Waals surface area contributed by atoms with Crippen molar-refractivity contribution >= 4 is 11.9 Å². The summed E-state index contributed by atoms with van der Waals surface area (Å²) in [7, 11) is 1.80. The number of nitrogens with zero attached hydrogens (tertiary/aromatic N) is 1. The van der Waals surface area contributed by atoms with Gasteiger partial charge in [-0.15, -0.1) is 0 Å². The first-order chi connectivity index (χ1) is 8.38. The van der Waals surface area contributed by atoms with Crippen LogP contribution in [0.15, 0.2) is 0 Å². The number of carboxylic acids is 1. The van der Waals surface area contributed by atoms with Crippen molar-refractivity contribution in [1.29, 1.82) is 0 Å². The fraction of sp³-hybridized carbons (Fsp3) is 0.857. The SMILES string of the molecule is CCCC(C)N(C)C(=O)[C@H]1CC(C)C[C@H]1C(=O)O. The van der Waals surface area contributed by atoms with Crippen molar-refractivity contribution in [2.75, 3.05) is 7.05 Å². The lowest BCUT2D eigenvalue weighted by Crippen LogP contribution is -2.41. The van der Waals surface area contributed by atoms with Crippen LogP contribution >= 0.6 is 0 Å². The van der Waals surface area contributed by atoms with Gasteiger partial charge in [0.15, 0.2) is 0 Å². The molecule has 0 spiro atoms. The van der Waals surface area contributed by atoms with Crippen molar-refractivity contribution in [3.63, 3.8) is 0 Å². The smallest absolute Gasteiger partial charge is 0.307 e. The van der Waals surface area contributed by atoms with E-state index in [9.17, 15) is 14.7 Å². The number of rotatable bonds is 5. The molecule has 18 heavy (non-hydrogen) atoms. The molecule has 1 aliphatic carbocycles. The lowest BCUT2D eigenvalue weighted by atomic mass is 9.94. The molecular weight excluding hydrogens is 230 g/mol. The third-order valence-corrected chi connectivity index (χ3v) is 4.15. The van der Waals surface area contributed by atoms with Gasteiger partial charge in [0.05, 0.1) is 11.8 Å². The molecule has 4 nitrogen and oxygen atoms in total. The summed E-state index contributed by atoms with van der Waals surface area (Å²) in [5.74, 6) is -1.32. The molecule has 1 rings (SSSR count). The zero-order valence-corrected chi connectivity index (χ0v) is 11.8. The predicted octanol–water partition coefficient (Wildman–Crippen LogP) is 2.38. The molecular formula is C14H25NO3. The van der Waals surface area contributed by atoms with Crippen LogP contribution < -0.4 is 0 Å². The maximum atomic E-state index is 12.4. The normalized spacial score (nSPS) is 29.0. The van der Waals surface area contributed by atoms with E-state index in [4.69, 9.17) is 0 Å². The molecule has 104 valence electrons. The Labute approximate surface area is 109 Å². The molecule has 1 fully saturated rings. The molecule has 1 saturated carbocycles. The lowest BCUT2D eigenvalue weighted by molar-refractivity contribution is -0.149. The molecule has 0 bridgehead atoms. The number of amides is 1. The molecule has 1 amide bonds. The van der Waals surface area contributed by atoms with Crippen molar-refractivity contribution < 1.29 is 14.7 Å². The molecule has 0 saturated heterocycles. The fourth-order valence-electron chi connectivity index (χ4n) is 2.93. The van der Waals surface area contributed by atoms with Crippen LogP contribution in [0.1, 0.15) is 46.5 Å². The van der Waals surface area contributed by atoms with Gasteiger partial charge in [-0.05, 0) is 32.1 Å². The molecule has 0 aromatic carbocycles. The Morgan fingerprint density at radius 1 is 1.33 bits per heavy atom. The largest absolute Gasteiger partial charge is 0.481 e. The van der Waals surface area contributed by atoms with E-state index in [0.29, 0.717) is 18.8 Å². The van der Waals surface area contributed by atoms with Gasteiger partial charge < -0.3 is 10.0 Å². The molecule has 1 N–H and O–H groups in total. The van der Waals surface area contributed by atoms with Crippen LogP contribution in [0.2, 0.25) is 0 Å². The average molecular weight is 255 g/mol. The van der Waals surface area contributed by atoms with Crippen LogP contribution in [0.4, 0.5) is 0 Å². The van der Waals surface area contributed by atoms with Gasteiger partial charge in [-0.3, -0.25) is 9.59 Å². The Bertz CT molecular complexity index is 316. The van der Waals surface area contributed by atoms with Gasteiger partial charge in [0.2, 0.25) is 5.91 Å². The van der Waals surface area contributed by atoms with E-state index < -0.39 is 11.9 Å². The summed E-state index contributed by atoms with van der Waals surface area (Å²) in [5, 5.41) is 9.20. The maximum absolute atomic E-state index is 12.4. The lowest BCUT2D eigenvalue weighted by Gasteiger charge is -2.28. The van der Waals surface area contributed by atoms with Gasteiger partial charge in [0, 0.05) is 13.1 Å². The first kappa shape index (κ1) is 15.0. The molecule has 0 radical (unpaired) electrons. The van der Waals surface area contributed by atoms with E-state index in [1.165, 1.54) is 0 Å². The topological polar surface area (TPSA) is 57.6 Å². The summed E-state index contributed by atoms with van der Waals surface area (Å²) in [6, 6.07) is 0.188. The second-order valence-corrected chi connectivity index (χ2v) is 5.71. The first-order valence-corrected chi connectivity index (χ1v) is 6.87. The Balaban J connectivity index is 2.73. The molecule has 2 unspecified atom stereocenters. The van der Waals surface area contributed by atoms with Gasteiger partial charge >= 0.3 is 5.97 Å². The third-order valence-electron chi connectivity index (χ3n) is 4.15. The second kappa shape index (κ2) is 6.21. The van der Waals surface area contributed by atoms with E-state index in [2.05, 4.69) is 6.92 Å². The average Bonchev–Trinajstić information content (AvgIpc) is 2.69. The number of hydrogen-bond acceptors (Lipinski definition) is 2. The van der Waals surface area contributed by atoms with Crippen LogP contribution in [0.5, 0.6) is 0 Å². The van der Waals surface area contributed by atoms with Gasteiger partial charge in [0.25, 0.3) is 0 Å². The number of carbonyl (C=O) groups excluding carboxylic acids is 1.